The van der Waals surface area contributed by atoms with E-state index in [1.165, 1.54) is 29.2 Å². The van der Waals surface area contributed by atoms with E-state index in [1.807, 2.05) is 12.1 Å². The van der Waals surface area contributed by atoms with Gasteiger partial charge in [0.2, 0.25) is 23.0 Å². The van der Waals surface area contributed by atoms with E-state index < -0.39 is 12.1 Å². The van der Waals surface area contributed by atoms with Gasteiger partial charge in [0.05, 0.1) is 38.8 Å². The smallest absolute Gasteiger partial charge is 0.248 e. The van der Waals surface area contributed by atoms with Crippen molar-refractivity contribution in [1.29, 1.82) is 0 Å². The molecular formula is C31H36N4O6S. The lowest BCUT2D eigenvalue weighted by Gasteiger charge is -2.19. The summed E-state index contributed by atoms with van der Waals surface area (Å²) in [6, 6.07) is 5.80. The number of fused-ring (bicyclic) bond motifs is 4. The van der Waals surface area contributed by atoms with Crippen LogP contribution in [0.1, 0.15) is 60.8 Å². The number of aromatic nitrogens is 1. The maximum atomic E-state index is 13.6. The fourth-order valence-electron chi connectivity index (χ4n) is 5.74. The molecule has 11 heteroatoms. The largest absolute Gasteiger partial charge is 0.493 e. The Bertz CT molecular complexity index is 1560. The molecule has 42 heavy (non-hydrogen) atoms. The van der Waals surface area contributed by atoms with Crippen molar-refractivity contribution in [2.45, 2.75) is 64.5 Å². The monoisotopic (exact) mass is 592 g/mol. The van der Waals surface area contributed by atoms with Gasteiger partial charge in [0.15, 0.2) is 16.6 Å². The summed E-state index contributed by atoms with van der Waals surface area (Å²) in [5.41, 5.74) is 4.08. The Morgan fingerprint density at radius 3 is 2.48 bits per heavy atom. The molecule has 10 nitrogen and oxygen atoms in total. The molecule has 0 fully saturated rings. The van der Waals surface area contributed by atoms with Crippen LogP contribution in [0.4, 0.5) is 10.8 Å². The van der Waals surface area contributed by atoms with E-state index in [9.17, 15) is 14.4 Å². The van der Waals surface area contributed by atoms with Crippen molar-refractivity contribution in [2.75, 3.05) is 32.0 Å². The van der Waals surface area contributed by atoms with Gasteiger partial charge < -0.3 is 30.2 Å². The number of ether oxygens (including phenoxy) is 3. The molecule has 0 saturated carbocycles. The average molecular weight is 593 g/mol. The van der Waals surface area contributed by atoms with Crippen LogP contribution in [-0.2, 0) is 28.9 Å². The number of amides is 2. The van der Waals surface area contributed by atoms with Gasteiger partial charge in [0.25, 0.3) is 0 Å². The Balaban J connectivity index is 1.53. The minimum Gasteiger partial charge on any atom is -0.493 e. The zero-order chi connectivity index (χ0) is 30.0. The highest BCUT2D eigenvalue weighted by Crippen LogP contribution is 2.50. The number of benzene rings is 1. The van der Waals surface area contributed by atoms with Gasteiger partial charge in [-0.25, -0.2) is 4.98 Å². The van der Waals surface area contributed by atoms with Crippen LogP contribution in [0.15, 0.2) is 29.1 Å². The number of methoxy groups -OCH3 is 3. The summed E-state index contributed by atoms with van der Waals surface area (Å²) < 4.78 is 17.1. The van der Waals surface area contributed by atoms with Crippen molar-refractivity contribution in [3.63, 3.8) is 0 Å². The summed E-state index contributed by atoms with van der Waals surface area (Å²) >= 11 is 1.52. The predicted octanol–water partition coefficient (Wildman–Crippen LogP) is 4.64. The fourth-order valence-corrected chi connectivity index (χ4v) is 6.80. The molecule has 3 aromatic rings. The molecule has 0 spiro atoms. The summed E-state index contributed by atoms with van der Waals surface area (Å²) in [5, 5.41) is 9.58. The van der Waals surface area contributed by atoms with Crippen molar-refractivity contribution in [1.82, 2.24) is 10.3 Å². The number of carbonyl (C=O) groups is 2. The number of hydrogen-bond donors (Lipinski definition) is 3. The molecule has 1 heterocycles. The highest BCUT2D eigenvalue weighted by atomic mass is 32.1. The molecule has 5 rings (SSSR count). The van der Waals surface area contributed by atoms with Crippen LogP contribution in [0.5, 0.6) is 17.2 Å². The van der Waals surface area contributed by atoms with Gasteiger partial charge in [0.1, 0.15) is 6.04 Å². The van der Waals surface area contributed by atoms with Gasteiger partial charge in [-0.05, 0) is 80.3 Å². The summed E-state index contributed by atoms with van der Waals surface area (Å²) in [6.07, 6.45) is 5.34. The Hall–Kier alpha value is -4.12. The van der Waals surface area contributed by atoms with Crippen molar-refractivity contribution >= 4 is 34.0 Å². The van der Waals surface area contributed by atoms with Crippen molar-refractivity contribution in [3.05, 3.63) is 56.2 Å². The molecule has 0 saturated heterocycles. The maximum absolute atomic E-state index is 13.6. The number of rotatable bonds is 8. The zero-order valence-corrected chi connectivity index (χ0v) is 25.3. The minimum atomic E-state index is -0.710. The molecule has 0 aliphatic heterocycles. The highest BCUT2D eigenvalue weighted by molar-refractivity contribution is 7.15. The zero-order valence-electron chi connectivity index (χ0n) is 24.5. The number of carbonyl (C=O) groups excluding carboxylic acids is 2. The number of hydrogen-bond acceptors (Lipinski definition) is 9. The molecule has 2 aliphatic carbocycles. The third-order valence-corrected chi connectivity index (χ3v) is 8.83. The van der Waals surface area contributed by atoms with Crippen LogP contribution in [0.2, 0.25) is 0 Å². The van der Waals surface area contributed by atoms with Gasteiger partial charge in [-0.2, -0.15) is 0 Å². The number of anilines is 2. The van der Waals surface area contributed by atoms with Gasteiger partial charge in [0, 0.05) is 17.4 Å². The third-order valence-electron chi connectivity index (χ3n) is 7.76. The SMILES string of the molecule is COc1cc2c(c(OC)c1OC)-c1ccc(N[C@@H](C)C(=O)Nc3nc4c(s3)CCCC4)c(=O)cc1[C@H](NC(C)=O)CC2. The molecule has 3 N–H and O–H groups in total. The van der Waals surface area contributed by atoms with E-state index in [2.05, 4.69) is 20.9 Å². The molecule has 222 valence electrons. The van der Waals surface area contributed by atoms with Gasteiger partial charge in [-0.15, -0.1) is 11.3 Å². The lowest BCUT2D eigenvalue weighted by molar-refractivity contribution is -0.119. The van der Waals surface area contributed by atoms with Crippen LogP contribution in [0, 0.1) is 0 Å². The third kappa shape index (κ3) is 5.78. The first-order chi connectivity index (χ1) is 20.2. The molecule has 2 amide bonds. The summed E-state index contributed by atoms with van der Waals surface area (Å²) in [7, 11) is 4.67. The number of thiazole rings is 1. The van der Waals surface area contributed by atoms with E-state index in [4.69, 9.17) is 14.2 Å². The molecular weight excluding hydrogens is 556 g/mol. The predicted molar refractivity (Wildman–Crippen MR) is 163 cm³/mol. The second kappa shape index (κ2) is 12.4. The number of nitrogens with one attached hydrogen (secondary N) is 3. The summed E-state index contributed by atoms with van der Waals surface area (Å²) in [4.78, 5) is 44.7. The van der Waals surface area contributed by atoms with E-state index in [1.54, 1.807) is 34.3 Å². The van der Waals surface area contributed by atoms with Crippen LogP contribution >= 0.6 is 11.3 Å². The van der Waals surface area contributed by atoms with E-state index in [0.717, 1.165) is 48.1 Å². The molecule has 1 aromatic heterocycles. The van der Waals surface area contributed by atoms with Crippen molar-refractivity contribution in [2.24, 2.45) is 0 Å². The number of aryl methyl sites for hydroxylation is 3. The van der Waals surface area contributed by atoms with Crippen LogP contribution in [0.3, 0.4) is 0 Å². The van der Waals surface area contributed by atoms with E-state index in [-0.39, 0.29) is 22.9 Å². The second-order valence-corrected chi connectivity index (χ2v) is 11.6. The van der Waals surface area contributed by atoms with Crippen molar-refractivity contribution in [3.8, 4) is 28.4 Å². The molecule has 2 aromatic carbocycles. The molecule has 0 bridgehead atoms. The first-order valence-corrected chi connectivity index (χ1v) is 14.9. The minimum absolute atomic E-state index is 0.203. The standard InChI is InChI=1S/C31H36N4O6S/c1-16(30(38)35-31-34-23-8-6-7-9-26(23)42-31)32-22-13-11-19-20(15-24(22)37)21(33-17(2)36)12-10-18-14-25(39-3)28(40-4)29(41-5)27(18)19/h11,13-16,21H,6-10,12H2,1-5H3,(H,32,37)(H,33,36)(H,34,35,38)/t16-,21+/m0/s1. The van der Waals surface area contributed by atoms with Crippen LogP contribution < -0.4 is 35.6 Å². The quantitative estimate of drug-likeness (QED) is 0.345. The number of nitrogens with zero attached hydrogens (tertiary/aromatic N) is 1. The maximum Gasteiger partial charge on any atom is 0.248 e. The van der Waals surface area contributed by atoms with Crippen LogP contribution in [0.25, 0.3) is 11.1 Å². The molecule has 0 radical (unpaired) electrons. The average Bonchev–Trinajstić information content (AvgIpc) is 3.24. The molecule has 2 atom stereocenters. The lowest BCUT2D eigenvalue weighted by Crippen LogP contribution is -2.33. The van der Waals surface area contributed by atoms with Gasteiger partial charge >= 0.3 is 0 Å². The van der Waals surface area contributed by atoms with E-state index in [0.29, 0.717) is 40.8 Å². The Morgan fingerprint density at radius 2 is 1.79 bits per heavy atom. The van der Waals surface area contributed by atoms with E-state index >= 15 is 0 Å². The normalized spacial score (nSPS) is 16.1. The topological polar surface area (TPSA) is 128 Å². The fraction of sp³-hybridized carbons (Fsp3) is 0.419. The first-order valence-electron chi connectivity index (χ1n) is 14.1. The lowest BCUT2D eigenvalue weighted by atomic mass is 9.95. The second-order valence-electron chi connectivity index (χ2n) is 10.5. The highest BCUT2D eigenvalue weighted by Gasteiger charge is 2.30. The summed E-state index contributed by atoms with van der Waals surface area (Å²) in [6.45, 7) is 3.16. The Morgan fingerprint density at radius 1 is 1.02 bits per heavy atom. The Kier molecular flexibility index (Phi) is 8.67. The van der Waals surface area contributed by atoms with Crippen molar-refractivity contribution < 1.29 is 23.8 Å². The first kappa shape index (κ1) is 29.4. The Labute approximate surface area is 248 Å². The van der Waals surface area contributed by atoms with Gasteiger partial charge in [-0.3, -0.25) is 14.4 Å². The summed E-state index contributed by atoms with van der Waals surface area (Å²) in [5.74, 6) is 0.951. The van der Waals surface area contributed by atoms with Crippen LogP contribution in [-0.4, -0.2) is 44.2 Å². The van der Waals surface area contributed by atoms with Gasteiger partial charge in [-0.1, -0.05) is 6.07 Å². The molecule has 0 unspecified atom stereocenters. The molecule has 2 aliphatic rings.